The van der Waals surface area contributed by atoms with Gasteiger partial charge in [0.25, 0.3) is 5.69 Å². The molecule has 0 heterocycles. The van der Waals surface area contributed by atoms with E-state index < -0.39 is 4.92 Å². The van der Waals surface area contributed by atoms with Crippen molar-refractivity contribution in [2.45, 2.75) is 19.8 Å². The topological polar surface area (TPSA) is 76.2 Å². The molecule has 0 aliphatic heterocycles. The van der Waals surface area contributed by atoms with Gasteiger partial charge in [0.2, 0.25) is 0 Å². The van der Waals surface area contributed by atoms with Crippen LogP contribution in [0.1, 0.15) is 30.9 Å². The van der Waals surface area contributed by atoms with Crippen molar-refractivity contribution in [3.8, 4) is 17.6 Å². The highest BCUT2D eigenvalue weighted by molar-refractivity contribution is 5.51. The minimum Gasteiger partial charge on any atom is -0.456 e. The van der Waals surface area contributed by atoms with Crippen LogP contribution < -0.4 is 4.74 Å². The van der Waals surface area contributed by atoms with Gasteiger partial charge in [-0.15, -0.1) is 0 Å². The van der Waals surface area contributed by atoms with Crippen LogP contribution in [0.5, 0.6) is 11.5 Å². The molecular formula is C16H14N2O3. The van der Waals surface area contributed by atoms with Crippen molar-refractivity contribution in [2.24, 2.45) is 0 Å². The molecule has 2 aromatic carbocycles. The van der Waals surface area contributed by atoms with Crippen LogP contribution in [0.15, 0.2) is 42.5 Å². The van der Waals surface area contributed by atoms with Crippen molar-refractivity contribution in [2.75, 3.05) is 0 Å². The molecule has 0 amide bonds. The van der Waals surface area contributed by atoms with Crippen LogP contribution >= 0.6 is 0 Å². The zero-order valence-electron chi connectivity index (χ0n) is 11.7. The lowest BCUT2D eigenvalue weighted by molar-refractivity contribution is -0.384. The van der Waals surface area contributed by atoms with Crippen molar-refractivity contribution in [3.63, 3.8) is 0 Å². The normalized spacial score (nSPS) is 10.2. The first-order chi connectivity index (χ1) is 10.0. The fourth-order valence-corrected chi connectivity index (χ4v) is 1.87. The largest absolute Gasteiger partial charge is 0.456 e. The molecule has 0 aromatic heterocycles. The van der Waals surface area contributed by atoms with E-state index in [4.69, 9.17) is 10.00 Å². The first-order valence-corrected chi connectivity index (χ1v) is 6.47. The molecule has 2 rings (SSSR count). The van der Waals surface area contributed by atoms with E-state index in [9.17, 15) is 10.1 Å². The van der Waals surface area contributed by atoms with Gasteiger partial charge in [0.05, 0.1) is 4.92 Å². The Kier molecular flexibility index (Phi) is 4.19. The summed E-state index contributed by atoms with van der Waals surface area (Å²) in [7, 11) is 0. The SMILES string of the molecule is CC(C)c1cccc(Oc2ccc([N+](=O)[O-])cc2C#N)c1. The third-order valence-electron chi connectivity index (χ3n) is 3.05. The molecule has 0 atom stereocenters. The molecule has 0 radical (unpaired) electrons. The van der Waals surface area contributed by atoms with Crippen LogP contribution in [-0.4, -0.2) is 4.92 Å². The molecule has 5 nitrogen and oxygen atoms in total. The first-order valence-electron chi connectivity index (χ1n) is 6.47. The fourth-order valence-electron chi connectivity index (χ4n) is 1.87. The molecular weight excluding hydrogens is 268 g/mol. The van der Waals surface area contributed by atoms with Gasteiger partial charge in [-0.05, 0) is 29.7 Å². The Hall–Kier alpha value is -2.87. The van der Waals surface area contributed by atoms with Gasteiger partial charge in [-0.1, -0.05) is 26.0 Å². The zero-order valence-corrected chi connectivity index (χ0v) is 11.7. The highest BCUT2D eigenvalue weighted by atomic mass is 16.6. The Balaban J connectivity index is 2.33. The Labute approximate surface area is 122 Å². The summed E-state index contributed by atoms with van der Waals surface area (Å²) in [5.74, 6) is 1.27. The maximum absolute atomic E-state index is 10.7. The van der Waals surface area contributed by atoms with Crippen LogP contribution in [0.2, 0.25) is 0 Å². The summed E-state index contributed by atoms with van der Waals surface area (Å²) >= 11 is 0. The predicted octanol–water partition coefficient (Wildman–Crippen LogP) is 4.38. The molecule has 0 fully saturated rings. The highest BCUT2D eigenvalue weighted by Gasteiger charge is 2.12. The second-order valence-electron chi connectivity index (χ2n) is 4.88. The first kappa shape index (κ1) is 14.5. The maximum atomic E-state index is 10.7. The van der Waals surface area contributed by atoms with E-state index in [0.29, 0.717) is 17.4 Å². The summed E-state index contributed by atoms with van der Waals surface area (Å²) in [6, 6.07) is 13.5. The Morgan fingerprint density at radius 3 is 2.62 bits per heavy atom. The lowest BCUT2D eigenvalue weighted by Gasteiger charge is -2.10. The van der Waals surface area contributed by atoms with Crippen molar-refractivity contribution in [3.05, 3.63) is 63.7 Å². The zero-order chi connectivity index (χ0) is 15.4. The number of nitro groups is 1. The molecule has 0 aliphatic rings. The Bertz CT molecular complexity index is 718. The predicted molar refractivity (Wildman–Crippen MR) is 78.4 cm³/mol. The molecule has 0 aliphatic carbocycles. The number of hydrogen-bond donors (Lipinski definition) is 0. The average Bonchev–Trinajstić information content (AvgIpc) is 2.47. The summed E-state index contributed by atoms with van der Waals surface area (Å²) < 4.78 is 5.68. The quantitative estimate of drug-likeness (QED) is 0.615. The molecule has 2 aromatic rings. The van der Waals surface area contributed by atoms with Gasteiger partial charge in [0.15, 0.2) is 0 Å². The standard InChI is InChI=1S/C16H14N2O3/c1-11(2)12-4-3-5-15(9-12)21-16-7-6-14(18(19)20)8-13(16)10-17/h3-9,11H,1-2H3. The number of ether oxygens (including phenoxy) is 1. The van der Waals surface area contributed by atoms with E-state index in [2.05, 4.69) is 13.8 Å². The maximum Gasteiger partial charge on any atom is 0.271 e. The third kappa shape index (κ3) is 3.37. The molecule has 0 bridgehead atoms. The number of benzene rings is 2. The van der Waals surface area contributed by atoms with Crippen LogP contribution in [0, 0.1) is 21.4 Å². The van der Waals surface area contributed by atoms with Gasteiger partial charge in [-0.2, -0.15) is 5.26 Å². The summed E-state index contributed by atoms with van der Waals surface area (Å²) in [5, 5.41) is 19.8. The summed E-state index contributed by atoms with van der Waals surface area (Å²) in [6.07, 6.45) is 0. The van der Waals surface area contributed by atoms with Crippen molar-refractivity contribution in [1.29, 1.82) is 5.26 Å². The number of rotatable bonds is 4. The van der Waals surface area contributed by atoms with Gasteiger partial charge >= 0.3 is 0 Å². The van der Waals surface area contributed by atoms with Crippen molar-refractivity contribution < 1.29 is 9.66 Å². The summed E-state index contributed by atoms with van der Waals surface area (Å²) in [5.41, 5.74) is 1.13. The Morgan fingerprint density at radius 2 is 2.00 bits per heavy atom. The highest BCUT2D eigenvalue weighted by Crippen LogP contribution is 2.29. The van der Waals surface area contributed by atoms with Gasteiger partial charge in [0.1, 0.15) is 23.1 Å². The van der Waals surface area contributed by atoms with E-state index in [1.165, 1.54) is 18.2 Å². The molecule has 21 heavy (non-hydrogen) atoms. The van der Waals surface area contributed by atoms with E-state index in [-0.39, 0.29) is 11.3 Å². The lowest BCUT2D eigenvalue weighted by Crippen LogP contribution is -1.93. The molecule has 0 saturated carbocycles. The van der Waals surface area contributed by atoms with E-state index in [0.717, 1.165) is 5.56 Å². The number of non-ortho nitro benzene ring substituents is 1. The van der Waals surface area contributed by atoms with Gasteiger partial charge in [0, 0.05) is 12.1 Å². The smallest absolute Gasteiger partial charge is 0.271 e. The molecule has 0 N–H and O–H groups in total. The number of nitrogens with zero attached hydrogens (tertiary/aromatic N) is 2. The minimum atomic E-state index is -0.538. The van der Waals surface area contributed by atoms with Gasteiger partial charge in [-0.3, -0.25) is 10.1 Å². The third-order valence-corrected chi connectivity index (χ3v) is 3.05. The summed E-state index contributed by atoms with van der Waals surface area (Å²) in [6.45, 7) is 4.15. The minimum absolute atomic E-state index is 0.130. The van der Waals surface area contributed by atoms with Crippen LogP contribution in [0.25, 0.3) is 0 Å². The lowest BCUT2D eigenvalue weighted by atomic mass is 10.0. The molecule has 106 valence electrons. The fraction of sp³-hybridized carbons (Fsp3) is 0.188. The molecule has 0 saturated heterocycles. The average molecular weight is 282 g/mol. The monoisotopic (exact) mass is 282 g/mol. The number of hydrogen-bond acceptors (Lipinski definition) is 4. The summed E-state index contributed by atoms with van der Waals surface area (Å²) in [4.78, 5) is 10.2. The molecule has 0 unspecified atom stereocenters. The number of nitriles is 1. The van der Waals surface area contributed by atoms with Crippen LogP contribution in [0.3, 0.4) is 0 Å². The molecule has 0 spiro atoms. The van der Waals surface area contributed by atoms with Gasteiger partial charge in [-0.25, -0.2) is 0 Å². The van der Waals surface area contributed by atoms with E-state index in [1.54, 1.807) is 6.07 Å². The number of nitro benzene ring substituents is 1. The Morgan fingerprint density at radius 1 is 1.24 bits per heavy atom. The van der Waals surface area contributed by atoms with Gasteiger partial charge < -0.3 is 4.74 Å². The van der Waals surface area contributed by atoms with Crippen LogP contribution in [0.4, 0.5) is 5.69 Å². The van der Waals surface area contributed by atoms with E-state index >= 15 is 0 Å². The van der Waals surface area contributed by atoms with Crippen molar-refractivity contribution in [1.82, 2.24) is 0 Å². The van der Waals surface area contributed by atoms with E-state index in [1.807, 2.05) is 24.3 Å². The second-order valence-corrected chi connectivity index (χ2v) is 4.88. The van der Waals surface area contributed by atoms with Crippen LogP contribution in [-0.2, 0) is 0 Å². The molecule has 5 heteroatoms. The second kappa shape index (κ2) is 6.06. The van der Waals surface area contributed by atoms with Crippen molar-refractivity contribution >= 4 is 5.69 Å².